The zero-order chi connectivity index (χ0) is 15.8. The minimum Gasteiger partial charge on any atom is -0.287 e. The maximum atomic E-state index is 12.7. The molecular formula is C17H21O4P. The molecule has 0 aliphatic carbocycles. The molecule has 2 aromatic rings. The van der Waals surface area contributed by atoms with Crippen molar-refractivity contribution in [3.8, 4) is 0 Å². The van der Waals surface area contributed by atoms with E-state index in [9.17, 15) is 4.57 Å². The number of rotatable bonds is 8. The smallest absolute Gasteiger partial charge is 0.287 e. The van der Waals surface area contributed by atoms with Crippen molar-refractivity contribution in [3.05, 3.63) is 71.8 Å². The van der Waals surface area contributed by atoms with E-state index in [1.165, 1.54) is 0 Å². The molecule has 5 heteroatoms. The van der Waals surface area contributed by atoms with E-state index in [1.807, 2.05) is 60.7 Å². The molecule has 0 saturated heterocycles. The Morgan fingerprint density at radius 2 is 1.23 bits per heavy atom. The number of hydrogen-bond acceptors (Lipinski definition) is 4. The van der Waals surface area contributed by atoms with Gasteiger partial charge in [0.2, 0.25) is 0 Å². The van der Waals surface area contributed by atoms with Crippen LogP contribution in [0.5, 0.6) is 0 Å². The van der Waals surface area contributed by atoms with Gasteiger partial charge in [-0.05, 0) is 25.0 Å². The summed E-state index contributed by atoms with van der Waals surface area (Å²) in [7, 11) is -3.61. The van der Waals surface area contributed by atoms with Gasteiger partial charge < -0.3 is 0 Å². The average molecular weight is 320 g/mol. The standard InChI is InChI=1S/C17H21O4P/c1-3-19-22(18,20-4-2)21-17(15-11-7-5-8-12-15)16-13-9-6-10-14-16/h5-14,17H,3-4H2,1-2H3. The van der Waals surface area contributed by atoms with Gasteiger partial charge in [0.05, 0.1) is 13.2 Å². The van der Waals surface area contributed by atoms with Gasteiger partial charge in [0.1, 0.15) is 6.10 Å². The second kappa shape index (κ2) is 8.25. The maximum absolute atomic E-state index is 12.7. The van der Waals surface area contributed by atoms with E-state index in [4.69, 9.17) is 13.6 Å². The fourth-order valence-electron chi connectivity index (χ4n) is 2.11. The Balaban J connectivity index is 2.35. The van der Waals surface area contributed by atoms with Gasteiger partial charge in [0.15, 0.2) is 0 Å². The first kappa shape index (κ1) is 16.9. The Morgan fingerprint density at radius 3 is 1.59 bits per heavy atom. The monoisotopic (exact) mass is 320 g/mol. The molecule has 0 heterocycles. The topological polar surface area (TPSA) is 44.8 Å². The highest BCUT2D eigenvalue weighted by Gasteiger charge is 2.31. The first-order valence-corrected chi connectivity index (χ1v) is 8.82. The lowest BCUT2D eigenvalue weighted by Crippen LogP contribution is -2.08. The molecule has 118 valence electrons. The lowest BCUT2D eigenvalue weighted by atomic mass is 10.0. The van der Waals surface area contributed by atoms with Crippen LogP contribution in [0.3, 0.4) is 0 Å². The van der Waals surface area contributed by atoms with Crippen molar-refractivity contribution in [1.29, 1.82) is 0 Å². The summed E-state index contributed by atoms with van der Waals surface area (Å²) in [5, 5.41) is 0. The van der Waals surface area contributed by atoms with E-state index in [-0.39, 0.29) is 13.2 Å². The van der Waals surface area contributed by atoms with Crippen molar-refractivity contribution in [2.24, 2.45) is 0 Å². The summed E-state index contributed by atoms with van der Waals surface area (Å²) in [6, 6.07) is 19.2. The molecule has 2 rings (SSSR count). The van der Waals surface area contributed by atoms with E-state index < -0.39 is 13.9 Å². The first-order chi connectivity index (χ1) is 10.7. The Bertz CT molecular complexity index is 551. The second-order valence-electron chi connectivity index (χ2n) is 4.59. The number of phosphoric ester groups is 1. The molecule has 0 unspecified atom stereocenters. The van der Waals surface area contributed by atoms with Crippen molar-refractivity contribution in [2.75, 3.05) is 13.2 Å². The summed E-state index contributed by atoms with van der Waals surface area (Å²) in [5.74, 6) is 0. The molecule has 0 radical (unpaired) electrons. The fourth-order valence-corrected chi connectivity index (χ4v) is 3.44. The molecule has 0 fully saturated rings. The first-order valence-electron chi connectivity index (χ1n) is 7.36. The van der Waals surface area contributed by atoms with Gasteiger partial charge in [-0.15, -0.1) is 0 Å². The summed E-state index contributed by atoms with van der Waals surface area (Å²) < 4.78 is 29.0. The highest BCUT2D eigenvalue weighted by atomic mass is 31.2. The van der Waals surface area contributed by atoms with E-state index in [2.05, 4.69) is 0 Å². The van der Waals surface area contributed by atoms with Crippen LogP contribution in [0.15, 0.2) is 60.7 Å². The molecule has 0 aromatic heterocycles. The molecule has 0 amide bonds. The summed E-state index contributed by atoms with van der Waals surface area (Å²) >= 11 is 0. The van der Waals surface area contributed by atoms with Gasteiger partial charge >= 0.3 is 7.82 Å². The molecule has 22 heavy (non-hydrogen) atoms. The lowest BCUT2D eigenvalue weighted by Gasteiger charge is -2.24. The predicted octanol–water partition coefficient (Wildman–Crippen LogP) is 4.97. The van der Waals surface area contributed by atoms with Gasteiger partial charge in [-0.25, -0.2) is 4.57 Å². The Hall–Kier alpha value is -1.45. The number of hydrogen-bond donors (Lipinski definition) is 0. The largest absolute Gasteiger partial charge is 0.475 e. The SMILES string of the molecule is CCOP(=O)(OCC)OC(c1ccccc1)c1ccccc1. The maximum Gasteiger partial charge on any atom is 0.475 e. The molecule has 0 bridgehead atoms. The van der Waals surface area contributed by atoms with Crippen LogP contribution in [0.4, 0.5) is 0 Å². The van der Waals surface area contributed by atoms with Gasteiger partial charge in [-0.2, -0.15) is 0 Å². The third kappa shape index (κ3) is 4.52. The molecule has 4 nitrogen and oxygen atoms in total. The van der Waals surface area contributed by atoms with Crippen molar-refractivity contribution >= 4 is 7.82 Å². The number of benzene rings is 2. The van der Waals surface area contributed by atoms with E-state index in [1.54, 1.807) is 13.8 Å². The average Bonchev–Trinajstić information content (AvgIpc) is 2.55. The van der Waals surface area contributed by atoms with Crippen LogP contribution in [0, 0.1) is 0 Å². The summed E-state index contributed by atoms with van der Waals surface area (Å²) in [6.07, 6.45) is -0.508. The molecule has 0 saturated carbocycles. The van der Waals surface area contributed by atoms with Crippen LogP contribution >= 0.6 is 7.82 Å². The Labute approximate surface area is 131 Å². The highest BCUT2D eigenvalue weighted by molar-refractivity contribution is 7.48. The normalized spacial score (nSPS) is 11.8. The highest BCUT2D eigenvalue weighted by Crippen LogP contribution is 2.54. The van der Waals surface area contributed by atoms with Crippen molar-refractivity contribution < 1.29 is 18.1 Å². The summed E-state index contributed by atoms with van der Waals surface area (Å²) in [4.78, 5) is 0. The minimum absolute atomic E-state index is 0.258. The van der Waals surface area contributed by atoms with Crippen LogP contribution in [0.2, 0.25) is 0 Å². The van der Waals surface area contributed by atoms with Crippen LogP contribution in [0.25, 0.3) is 0 Å². The second-order valence-corrected chi connectivity index (χ2v) is 6.21. The quantitative estimate of drug-likeness (QED) is 0.644. The van der Waals surface area contributed by atoms with Gasteiger partial charge in [0, 0.05) is 0 Å². The molecule has 0 spiro atoms. The third-order valence-corrected chi connectivity index (χ3v) is 4.63. The van der Waals surface area contributed by atoms with Crippen molar-refractivity contribution in [3.63, 3.8) is 0 Å². The predicted molar refractivity (Wildman–Crippen MR) is 86.7 cm³/mol. The minimum atomic E-state index is -3.61. The molecular weight excluding hydrogens is 299 g/mol. The zero-order valence-corrected chi connectivity index (χ0v) is 13.7. The van der Waals surface area contributed by atoms with Crippen LogP contribution in [-0.4, -0.2) is 13.2 Å². The fraction of sp³-hybridized carbons (Fsp3) is 0.294. The van der Waals surface area contributed by atoms with Crippen molar-refractivity contribution in [2.45, 2.75) is 20.0 Å². The molecule has 0 aliphatic heterocycles. The zero-order valence-electron chi connectivity index (χ0n) is 12.8. The Kier molecular flexibility index (Phi) is 6.34. The third-order valence-electron chi connectivity index (χ3n) is 3.01. The van der Waals surface area contributed by atoms with E-state index in [0.717, 1.165) is 11.1 Å². The van der Waals surface area contributed by atoms with E-state index in [0.29, 0.717) is 0 Å². The molecule has 0 aliphatic rings. The lowest BCUT2D eigenvalue weighted by molar-refractivity contribution is 0.0981. The van der Waals surface area contributed by atoms with Crippen LogP contribution in [0.1, 0.15) is 31.1 Å². The Morgan fingerprint density at radius 1 is 0.818 bits per heavy atom. The van der Waals surface area contributed by atoms with Crippen LogP contribution in [-0.2, 0) is 18.1 Å². The molecule has 2 aromatic carbocycles. The molecule has 0 N–H and O–H groups in total. The number of phosphoric acid groups is 1. The van der Waals surface area contributed by atoms with Gasteiger partial charge in [-0.1, -0.05) is 60.7 Å². The van der Waals surface area contributed by atoms with Gasteiger partial charge in [0.25, 0.3) is 0 Å². The summed E-state index contributed by atoms with van der Waals surface area (Å²) in [5.41, 5.74) is 1.79. The van der Waals surface area contributed by atoms with Crippen LogP contribution < -0.4 is 0 Å². The molecule has 0 atom stereocenters. The summed E-state index contributed by atoms with van der Waals surface area (Å²) in [6.45, 7) is 4.03. The van der Waals surface area contributed by atoms with E-state index >= 15 is 0 Å². The van der Waals surface area contributed by atoms with Gasteiger partial charge in [-0.3, -0.25) is 13.6 Å². The van der Waals surface area contributed by atoms with Crippen molar-refractivity contribution in [1.82, 2.24) is 0 Å².